The van der Waals surface area contributed by atoms with E-state index in [0.717, 1.165) is 64.9 Å². The number of carbonyl (C=O) groups excluding carboxylic acids is 3. The van der Waals surface area contributed by atoms with Crippen LogP contribution in [0.15, 0.2) is 54.7 Å². The predicted octanol–water partition coefficient (Wildman–Crippen LogP) is 7.20. The molecule has 312 valence electrons. The van der Waals surface area contributed by atoms with Gasteiger partial charge in [-0.15, -0.1) is 0 Å². The molecule has 14 heteroatoms. The Bertz CT molecular complexity index is 2220. The summed E-state index contributed by atoms with van der Waals surface area (Å²) in [6, 6.07) is 15.7. The van der Waals surface area contributed by atoms with Crippen molar-refractivity contribution >= 4 is 41.0 Å². The van der Waals surface area contributed by atoms with Gasteiger partial charge in [0, 0.05) is 91.8 Å². The summed E-state index contributed by atoms with van der Waals surface area (Å²) >= 11 is 14.4. The number of aromatic nitrogens is 2. The van der Waals surface area contributed by atoms with Gasteiger partial charge in [0.1, 0.15) is 17.9 Å². The number of pyridine rings is 2. The molecule has 1 unspecified atom stereocenters. The fraction of sp³-hybridized carbons (Fsp3) is 0.444. The average Bonchev–Trinajstić information content (AvgIpc) is 3.57. The van der Waals surface area contributed by atoms with Gasteiger partial charge in [-0.25, -0.2) is 4.98 Å². The minimum atomic E-state index is -0.609. The minimum absolute atomic E-state index is 0.0473. The van der Waals surface area contributed by atoms with Gasteiger partial charge in [0.25, 0.3) is 0 Å². The van der Waals surface area contributed by atoms with E-state index < -0.39 is 11.6 Å². The average molecular weight is 844 g/mol. The lowest BCUT2D eigenvalue weighted by molar-refractivity contribution is -0.158. The third kappa shape index (κ3) is 9.36. The van der Waals surface area contributed by atoms with E-state index in [1.165, 1.54) is 0 Å². The minimum Gasteiger partial charge on any atom is -0.496 e. The Morgan fingerprint density at radius 2 is 1.66 bits per heavy atom. The number of fused-ring (bicyclic) bond motifs is 1. The first-order valence-electron chi connectivity index (χ1n) is 20.2. The first-order chi connectivity index (χ1) is 28.2. The molecule has 4 aromatic rings. The Hall–Kier alpha value is -4.75. The van der Waals surface area contributed by atoms with Crippen LogP contribution in [-0.4, -0.2) is 107 Å². The van der Waals surface area contributed by atoms with Crippen LogP contribution in [0.1, 0.15) is 63.6 Å². The van der Waals surface area contributed by atoms with Gasteiger partial charge < -0.3 is 29.3 Å². The number of esters is 1. The van der Waals surface area contributed by atoms with Crippen molar-refractivity contribution in [3.05, 3.63) is 81.5 Å². The smallest absolute Gasteiger partial charge is 0.326 e. The van der Waals surface area contributed by atoms with Gasteiger partial charge >= 0.3 is 5.97 Å². The summed E-state index contributed by atoms with van der Waals surface area (Å²) in [5.74, 6) is 0.878. The van der Waals surface area contributed by atoms with Gasteiger partial charge in [0.05, 0.1) is 41.7 Å². The molecule has 59 heavy (non-hydrogen) atoms. The van der Waals surface area contributed by atoms with E-state index in [9.17, 15) is 14.4 Å². The molecule has 3 aliphatic rings. The third-order valence-electron chi connectivity index (χ3n) is 11.4. The second-order valence-electron chi connectivity index (χ2n) is 16.4. The highest BCUT2D eigenvalue weighted by atomic mass is 35.5. The van der Waals surface area contributed by atoms with Crippen LogP contribution in [0.4, 0.5) is 0 Å². The Labute approximate surface area is 356 Å². The number of benzene rings is 2. The van der Waals surface area contributed by atoms with Gasteiger partial charge in [0.15, 0.2) is 0 Å². The zero-order chi connectivity index (χ0) is 42.0. The fourth-order valence-electron chi connectivity index (χ4n) is 8.36. The van der Waals surface area contributed by atoms with Crippen LogP contribution >= 0.6 is 23.2 Å². The van der Waals surface area contributed by atoms with Crippen LogP contribution in [-0.2, 0) is 38.6 Å². The van der Waals surface area contributed by atoms with E-state index in [1.807, 2.05) is 68.1 Å². The number of hydrogen-bond acceptors (Lipinski definition) is 10. The molecular formula is C45H52Cl2N6O6. The number of halogens is 2. The van der Waals surface area contributed by atoms with Crippen molar-refractivity contribution in [2.75, 3.05) is 46.9 Å². The molecule has 1 N–H and O–H groups in total. The van der Waals surface area contributed by atoms with Crippen molar-refractivity contribution in [3.63, 3.8) is 0 Å². The second-order valence-corrected chi connectivity index (χ2v) is 17.2. The Morgan fingerprint density at radius 3 is 2.37 bits per heavy atom. The second kappa shape index (κ2) is 17.8. The van der Waals surface area contributed by atoms with Crippen LogP contribution in [0.25, 0.3) is 33.6 Å². The number of amides is 2. The van der Waals surface area contributed by atoms with E-state index >= 15 is 0 Å². The molecule has 2 saturated heterocycles. The number of piperidine rings is 1. The lowest BCUT2D eigenvalue weighted by atomic mass is 9.93. The number of likely N-dealkylation sites (tertiary alicyclic amines) is 2. The van der Waals surface area contributed by atoms with Crippen molar-refractivity contribution in [2.45, 2.75) is 84.2 Å². The zero-order valence-corrected chi connectivity index (χ0v) is 36.1. The number of hydrogen-bond donors (Lipinski definition) is 1. The molecular weight excluding hydrogens is 791 g/mol. The van der Waals surface area contributed by atoms with Crippen LogP contribution in [0.3, 0.4) is 0 Å². The van der Waals surface area contributed by atoms with Crippen LogP contribution < -0.4 is 14.8 Å². The van der Waals surface area contributed by atoms with Crippen molar-refractivity contribution in [3.8, 4) is 45.3 Å². The highest BCUT2D eigenvalue weighted by molar-refractivity contribution is 6.39. The van der Waals surface area contributed by atoms with E-state index in [-0.39, 0.29) is 24.4 Å². The molecule has 2 fully saturated rings. The molecule has 0 saturated carbocycles. The normalized spacial score (nSPS) is 17.6. The molecule has 0 radical (unpaired) electrons. The topological polar surface area (TPSA) is 126 Å². The van der Waals surface area contributed by atoms with Gasteiger partial charge in [-0.3, -0.25) is 24.3 Å². The Kier molecular flexibility index (Phi) is 12.8. The monoisotopic (exact) mass is 842 g/mol. The quantitative estimate of drug-likeness (QED) is 0.155. The number of ether oxygens (including phenoxy) is 3. The van der Waals surface area contributed by atoms with Gasteiger partial charge in [-0.05, 0) is 76.3 Å². The molecule has 12 nitrogen and oxygen atoms in total. The van der Waals surface area contributed by atoms with Crippen molar-refractivity contribution in [2.24, 2.45) is 0 Å². The van der Waals surface area contributed by atoms with Gasteiger partial charge in [-0.1, -0.05) is 47.5 Å². The van der Waals surface area contributed by atoms with Crippen LogP contribution in [0, 0.1) is 0 Å². The largest absolute Gasteiger partial charge is 0.496 e. The van der Waals surface area contributed by atoms with E-state index in [0.29, 0.717) is 78.1 Å². The number of nitrogens with one attached hydrogen (secondary N) is 1. The maximum atomic E-state index is 13.5. The first kappa shape index (κ1) is 42.4. The maximum absolute atomic E-state index is 13.5. The lowest BCUT2D eigenvalue weighted by Gasteiger charge is -2.33. The standard InChI is InChI=1S/C45H52Cl2N6O6/c1-27(54)51-19-14-31(15-20-51)49-24-29-10-11-36(50-43(29)58-6)34-9-7-8-32(40(34)46)33-12-17-48-42(41(33)47)30-22-28-13-18-52(25-35(28)38(23-30)57-5)37-16-21-53(44(37)56)26-39(55)59-45(2,3)4/h7-12,17,22-23,31,37,49H,13-16,18-21,24-26H2,1-6H3. The van der Waals surface area contributed by atoms with Crippen molar-refractivity contribution < 1.29 is 28.6 Å². The molecule has 0 spiro atoms. The lowest BCUT2D eigenvalue weighted by Crippen LogP contribution is -2.45. The fourth-order valence-corrected chi connectivity index (χ4v) is 9.01. The maximum Gasteiger partial charge on any atom is 0.326 e. The molecule has 3 aliphatic heterocycles. The summed E-state index contributed by atoms with van der Waals surface area (Å²) in [5.41, 5.74) is 6.73. The Morgan fingerprint density at radius 1 is 0.915 bits per heavy atom. The summed E-state index contributed by atoms with van der Waals surface area (Å²) in [4.78, 5) is 52.9. The molecule has 0 bridgehead atoms. The molecule has 7 rings (SSSR count). The molecule has 1 atom stereocenters. The van der Waals surface area contributed by atoms with Crippen LogP contribution in [0.5, 0.6) is 11.6 Å². The number of methoxy groups -OCH3 is 2. The van der Waals surface area contributed by atoms with E-state index in [1.54, 1.807) is 32.2 Å². The number of carbonyl (C=O) groups is 3. The van der Waals surface area contributed by atoms with Gasteiger partial charge in [0.2, 0.25) is 17.7 Å². The van der Waals surface area contributed by atoms with Gasteiger partial charge in [-0.2, -0.15) is 0 Å². The summed E-state index contributed by atoms with van der Waals surface area (Å²) in [5, 5.41) is 4.56. The zero-order valence-electron chi connectivity index (χ0n) is 34.6. The number of nitrogens with zero attached hydrogens (tertiary/aromatic N) is 5. The molecule has 2 aromatic carbocycles. The molecule has 0 aliphatic carbocycles. The molecule has 2 amide bonds. The SMILES string of the molecule is COc1cc(-c2nccc(-c3cccc(-c4ccc(CNC5CCN(C(C)=O)CC5)c(OC)n4)c3Cl)c2Cl)cc2c1CN(C1CCN(CC(=O)OC(C)(C)C)C1=O)CC2. The van der Waals surface area contributed by atoms with Crippen molar-refractivity contribution in [1.29, 1.82) is 0 Å². The third-order valence-corrected chi connectivity index (χ3v) is 12.2. The summed E-state index contributed by atoms with van der Waals surface area (Å²) < 4.78 is 17.1. The summed E-state index contributed by atoms with van der Waals surface area (Å²) in [7, 11) is 3.26. The first-order valence-corrected chi connectivity index (χ1v) is 20.9. The molecule has 2 aromatic heterocycles. The van der Waals surface area contributed by atoms with Crippen molar-refractivity contribution in [1.82, 2.24) is 30.0 Å². The summed E-state index contributed by atoms with van der Waals surface area (Å²) in [6.45, 7) is 10.9. The number of rotatable bonds is 11. The van der Waals surface area contributed by atoms with E-state index in [2.05, 4.69) is 16.3 Å². The van der Waals surface area contributed by atoms with Crippen LogP contribution in [0.2, 0.25) is 10.0 Å². The highest BCUT2D eigenvalue weighted by Gasteiger charge is 2.39. The van der Waals surface area contributed by atoms with E-state index in [4.69, 9.17) is 47.4 Å². The summed E-state index contributed by atoms with van der Waals surface area (Å²) in [6.07, 6.45) is 4.88. The highest BCUT2D eigenvalue weighted by Crippen LogP contribution is 2.43. The Balaban J connectivity index is 1.08. The predicted molar refractivity (Wildman–Crippen MR) is 229 cm³/mol. The molecule has 5 heterocycles.